The SMILES string of the molecule is COC(=O)C(N)(COc1ccc(C)c(F)c1)C1CC1. The predicted molar refractivity (Wildman–Crippen MR) is 68.3 cm³/mol. The first-order valence-corrected chi connectivity index (χ1v) is 6.23. The van der Waals surface area contributed by atoms with Crippen LogP contribution in [0.3, 0.4) is 0 Å². The number of hydrogen-bond donors (Lipinski definition) is 1. The monoisotopic (exact) mass is 267 g/mol. The van der Waals surface area contributed by atoms with Crippen molar-refractivity contribution >= 4 is 5.97 Å². The van der Waals surface area contributed by atoms with Gasteiger partial charge in [-0.25, -0.2) is 9.18 Å². The van der Waals surface area contributed by atoms with E-state index in [4.69, 9.17) is 15.2 Å². The normalized spacial score (nSPS) is 17.7. The highest BCUT2D eigenvalue weighted by Crippen LogP contribution is 2.39. The maximum atomic E-state index is 13.4. The molecule has 5 heteroatoms. The summed E-state index contributed by atoms with van der Waals surface area (Å²) in [6, 6.07) is 4.57. The van der Waals surface area contributed by atoms with Gasteiger partial charge in [-0.15, -0.1) is 0 Å². The van der Waals surface area contributed by atoms with E-state index in [0.717, 1.165) is 12.8 Å². The molecule has 1 fully saturated rings. The Kier molecular flexibility index (Phi) is 3.75. The largest absolute Gasteiger partial charge is 0.491 e. The molecule has 2 N–H and O–H groups in total. The first-order chi connectivity index (χ1) is 8.97. The summed E-state index contributed by atoms with van der Waals surface area (Å²) in [5, 5.41) is 0. The summed E-state index contributed by atoms with van der Waals surface area (Å²) in [4.78, 5) is 11.8. The van der Waals surface area contributed by atoms with Crippen LogP contribution in [0.25, 0.3) is 0 Å². The molecule has 1 aromatic rings. The summed E-state index contributed by atoms with van der Waals surface area (Å²) in [6.45, 7) is 1.66. The quantitative estimate of drug-likeness (QED) is 0.826. The molecule has 1 unspecified atom stereocenters. The number of esters is 1. The number of aryl methyl sites for hydroxylation is 1. The topological polar surface area (TPSA) is 61.5 Å². The molecule has 2 rings (SSSR count). The van der Waals surface area contributed by atoms with E-state index in [1.807, 2.05) is 0 Å². The van der Waals surface area contributed by atoms with Gasteiger partial charge in [0.05, 0.1) is 7.11 Å². The van der Waals surface area contributed by atoms with Crippen LogP contribution in [0.15, 0.2) is 18.2 Å². The maximum Gasteiger partial charge on any atom is 0.329 e. The molecular formula is C14H18FNO3. The van der Waals surface area contributed by atoms with E-state index in [9.17, 15) is 9.18 Å². The van der Waals surface area contributed by atoms with E-state index in [0.29, 0.717) is 11.3 Å². The number of methoxy groups -OCH3 is 1. The summed E-state index contributed by atoms with van der Waals surface area (Å²) in [5.74, 6) is -0.384. The van der Waals surface area contributed by atoms with Crippen molar-refractivity contribution in [3.05, 3.63) is 29.6 Å². The van der Waals surface area contributed by atoms with Crippen molar-refractivity contribution in [1.29, 1.82) is 0 Å². The van der Waals surface area contributed by atoms with Crippen LogP contribution >= 0.6 is 0 Å². The first kappa shape index (κ1) is 13.8. The van der Waals surface area contributed by atoms with E-state index >= 15 is 0 Å². The third kappa shape index (κ3) is 2.87. The Balaban J connectivity index is 2.06. The molecule has 0 aliphatic heterocycles. The van der Waals surface area contributed by atoms with Gasteiger partial charge in [-0.2, -0.15) is 0 Å². The molecule has 104 valence electrons. The molecule has 1 saturated carbocycles. The Morgan fingerprint density at radius 2 is 2.21 bits per heavy atom. The third-order valence-corrected chi connectivity index (χ3v) is 3.49. The van der Waals surface area contributed by atoms with E-state index < -0.39 is 11.5 Å². The van der Waals surface area contributed by atoms with Gasteiger partial charge in [0.15, 0.2) is 5.54 Å². The fourth-order valence-electron chi connectivity index (χ4n) is 2.00. The predicted octanol–water partition coefficient (Wildman–Crippen LogP) is 1.79. The van der Waals surface area contributed by atoms with Gasteiger partial charge in [0, 0.05) is 6.07 Å². The summed E-state index contributed by atoms with van der Waals surface area (Å²) >= 11 is 0. The molecule has 0 bridgehead atoms. The number of hydrogen-bond acceptors (Lipinski definition) is 4. The smallest absolute Gasteiger partial charge is 0.329 e. The van der Waals surface area contributed by atoms with Gasteiger partial charge in [0.1, 0.15) is 18.2 Å². The van der Waals surface area contributed by atoms with Gasteiger partial charge in [-0.1, -0.05) is 6.07 Å². The zero-order valence-electron chi connectivity index (χ0n) is 11.1. The van der Waals surface area contributed by atoms with E-state index in [-0.39, 0.29) is 18.3 Å². The molecular weight excluding hydrogens is 249 g/mol. The van der Waals surface area contributed by atoms with E-state index in [2.05, 4.69) is 0 Å². The van der Waals surface area contributed by atoms with Gasteiger partial charge in [-0.3, -0.25) is 0 Å². The second kappa shape index (κ2) is 5.17. The molecule has 1 aliphatic carbocycles. The van der Waals surface area contributed by atoms with Crippen LogP contribution in [0.4, 0.5) is 4.39 Å². The molecule has 0 amide bonds. The summed E-state index contributed by atoms with van der Waals surface area (Å²) in [5.41, 5.74) is 5.48. The van der Waals surface area contributed by atoms with Gasteiger partial charge in [-0.05, 0) is 37.3 Å². The Labute approximate surface area is 111 Å². The second-order valence-corrected chi connectivity index (χ2v) is 5.01. The third-order valence-electron chi connectivity index (χ3n) is 3.49. The minimum absolute atomic E-state index is 0.00710. The molecule has 4 nitrogen and oxygen atoms in total. The molecule has 0 aromatic heterocycles. The lowest BCUT2D eigenvalue weighted by Gasteiger charge is -2.26. The van der Waals surface area contributed by atoms with Gasteiger partial charge >= 0.3 is 5.97 Å². The molecule has 19 heavy (non-hydrogen) atoms. The molecule has 1 aromatic carbocycles. The average molecular weight is 267 g/mol. The zero-order valence-corrected chi connectivity index (χ0v) is 11.1. The van der Waals surface area contributed by atoms with E-state index in [1.165, 1.54) is 13.2 Å². The molecule has 0 saturated heterocycles. The van der Waals surface area contributed by atoms with Gasteiger partial charge in [0.2, 0.25) is 0 Å². The first-order valence-electron chi connectivity index (χ1n) is 6.23. The number of rotatable bonds is 5. The van der Waals surface area contributed by atoms with Crippen LogP contribution in [0.1, 0.15) is 18.4 Å². The molecule has 0 spiro atoms. The number of benzene rings is 1. The highest BCUT2D eigenvalue weighted by molar-refractivity contribution is 5.81. The Bertz CT molecular complexity index is 488. The minimum atomic E-state index is -1.14. The lowest BCUT2D eigenvalue weighted by atomic mass is 9.96. The Morgan fingerprint density at radius 3 is 2.74 bits per heavy atom. The Hall–Kier alpha value is -1.62. The average Bonchev–Trinajstić information content (AvgIpc) is 3.23. The van der Waals surface area contributed by atoms with Crippen molar-refractivity contribution in [3.63, 3.8) is 0 Å². The van der Waals surface area contributed by atoms with Crippen molar-refractivity contribution in [1.82, 2.24) is 0 Å². The summed E-state index contributed by atoms with van der Waals surface area (Å²) in [7, 11) is 1.30. The molecule has 0 heterocycles. The highest BCUT2D eigenvalue weighted by Gasteiger charge is 2.49. The molecule has 1 aliphatic rings. The Morgan fingerprint density at radius 1 is 1.53 bits per heavy atom. The summed E-state index contributed by atoms with van der Waals surface area (Å²) < 4.78 is 23.6. The van der Waals surface area contributed by atoms with Gasteiger partial charge < -0.3 is 15.2 Å². The lowest BCUT2D eigenvalue weighted by molar-refractivity contribution is -0.149. The van der Waals surface area contributed by atoms with E-state index in [1.54, 1.807) is 19.1 Å². The number of carbonyl (C=O) groups excluding carboxylic acids is 1. The second-order valence-electron chi connectivity index (χ2n) is 5.01. The zero-order chi connectivity index (χ0) is 14.0. The summed E-state index contributed by atoms with van der Waals surface area (Å²) in [6.07, 6.45) is 1.77. The number of carbonyl (C=O) groups is 1. The van der Waals surface area contributed by atoms with Crippen molar-refractivity contribution in [2.45, 2.75) is 25.3 Å². The van der Waals surface area contributed by atoms with Crippen molar-refractivity contribution in [3.8, 4) is 5.75 Å². The van der Waals surface area contributed by atoms with Crippen molar-refractivity contribution < 1.29 is 18.7 Å². The van der Waals surface area contributed by atoms with Crippen LogP contribution in [0.2, 0.25) is 0 Å². The van der Waals surface area contributed by atoms with Crippen LogP contribution in [0, 0.1) is 18.7 Å². The fourth-order valence-corrected chi connectivity index (χ4v) is 2.00. The van der Waals surface area contributed by atoms with Crippen LogP contribution in [-0.2, 0) is 9.53 Å². The van der Waals surface area contributed by atoms with Crippen molar-refractivity contribution in [2.75, 3.05) is 13.7 Å². The maximum absolute atomic E-state index is 13.4. The number of ether oxygens (including phenoxy) is 2. The van der Waals surface area contributed by atoms with Crippen LogP contribution in [-0.4, -0.2) is 25.2 Å². The number of halogens is 1. The van der Waals surface area contributed by atoms with Crippen LogP contribution in [0.5, 0.6) is 5.75 Å². The van der Waals surface area contributed by atoms with Crippen molar-refractivity contribution in [2.24, 2.45) is 11.7 Å². The highest BCUT2D eigenvalue weighted by atomic mass is 19.1. The fraction of sp³-hybridized carbons (Fsp3) is 0.500. The molecule has 1 atom stereocenters. The lowest BCUT2D eigenvalue weighted by Crippen LogP contribution is -2.55. The minimum Gasteiger partial charge on any atom is -0.491 e. The van der Waals surface area contributed by atoms with Crippen LogP contribution < -0.4 is 10.5 Å². The van der Waals surface area contributed by atoms with Gasteiger partial charge in [0.25, 0.3) is 0 Å². The standard InChI is InChI=1S/C14H18FNO3/c1-9-3-6-11(7-12(9)15)19-8-14(16,10-4-5-10)13(17)18-2/h3,6-7,10H,4-5,8,16H2,1-2H3. The number of nitrogens with two attached hydrogens (primary N) is 1. The molecule has 0 radical (unpaired) electrons.